The number of rotatable bonds is 6. The molecule has 28 heavy (non-hydrogen) atoms. The summed E-state index contributed by atoms with van der Waals surface area (Å²) in [6, 6.07) is 15.6. The quantitative estimate of drug-likeness (QED) is 0.697. The number of likely N-dealkylation sites (tertiary alicyclic amines) is 1. The summed E-state index contributed by atoms with van der Waals surface area (Å²) in [4.78, 5) is 15.4. The number of methoxy groups -OCH3 is 2. The first kappa shape index (κ1) is 19.9. The molecule has 1 aliphatic rings. The third-order valence-corrected chi connectivity index (χ3v) is 4.82. The van der Waals surface area contributed by atoms with Crippen LogP contribution in [0, 0.1) is 0 Å². The van der Waals surface area contributed by atoms with Gasteiger partial charge in [0.15, 0.2) is 5.78 Å². The highest BCUT2D eigenvalue weighted by Crippen LogP contribution is 2.23. The van der Waals surface area contributed by atoms with Crippen molar-refractivity contribution in [2.24, 2.45) is 0 Å². The van der Waals surface area contributed by atoms with Gasteiger partial charge in [-0.25, -0.2) is 0 Å². The van der Waals surface area contributed by atoms with E-state index >= 15 is 0 Å². The number of carbonyl (C=O) groups excluding carboxylic acids is 1. The van der Waals surface area contributed by atoms with Gasteiger partial charge in [-0.1, -0.05) is 31.2 Å². The third kappa shape index (κ3) is 4.90. The molecule has 1 aliphatic heterocycles. The Hall–Kier alpha value is -2.85. The Balaban J connectivity index is 1.90. The maximum Gasteiger partial charge on any atom is 0.187 e. The first-order chi connectivity index (χ1) is 13.6. The van der Waals surface area contributed by atoms with Gasteiger partial charge in [0.25, 0.3) is 0 Å². The van der Waals surface area contributed by atoms with Crippen molar-refractivity contribution in [2.45, 2.75) is 13.3 Å². The molecule has 0 N–H and O–H groups in total. The molecule has 2 aromatic rings. The average molecular weight is 377 g/mol. The minimum Gasteiger partial charge on any atom is -0.497 e. The van der Waals surface area contributed by atoms with Crippen molar-refractivity contribution in [3.8, 4) is 11.5 Å². The lowest BCUT2D eigenvalue weighted by Crippen LogP contribution is -2.38. The van der Waals surface area contributed by atoms with Gasteiger partial charge in [0, 0.05) is 24.2 Å². The van der Waals surface area contributed by atoms with Crippen LogP contribution in [-0.4, -0.2) is 44.5 Å². The zero-order chi connectivity index (χ0) is 19.9. The van der Waals surface area contributed by atoms with E-state index in [0.29, 0.717) is 13.1 Å². The molecule has 0 aliphatic carbocycles. The smallest absolute Gasteiger partial charge is 0.187 e. The zero-order valence-corrected chi connectivity index (χ0v) is 16.8. The van der Waals surface area contributed by atoms with E-state index in [0.717, 1.165) is 46.7 Å². The second-order valence-electron chi connectivity index (χ2n) is 6.93. The lowest BCUT2D eigenvalue weighted by atomic mass is 9.94. The van der Waals surface area contributed by atoms with Crippen LogP contribution in [0.1, 0.15) is 24.5 Å². The Morgan fingerprint density at radius 3 is 1.61 bits per heavy atom. The van der Waals surface area contributed by atoms with Crippen molar-refractivity contribution in [2.75, 3.05) is 33.9 Å². The summed E-state index contributed by atoms with van der Waals surface area (Å²) >= 11 is 0. The molecule has 2 aromatic carbocycles. The minimum atomic E-state index is 0.124. The van der Waals surface area contributed by atoms with Gasteiger partial charge in [-0.15, -0.1) is 0 Å². The topological polar surface area (TPSA) is 38.8 Å². The van der Waals surface area contributed by atoms with E-state index in [1.165, 1.54) is 0 Å². The monoisotopic (exact) mass is 377 g/mol. The van der Waals surface area contributed by atoms with E-state index < -0.39 is 0 Å². The number of Topliss-reactive ketones (excluding diaryl/α,β-unsaturated/α-hetero) is 1. The average Bonchev–Trinajstić information content (AvgIpc) is 2.72. The molecule has 4 nitrogen and oxygen atoms in total. The fourth-order valence-corrected chi connectivity index (χ4v) is 3.39. The predicted molar refractivity (Wildman–Crippen MR) is 114 cm³/mol. The Bertz CT molecular complexity index is 794. The van der Waals surface area contributed by atoms with E-state index in [9.17, 15) is 4.79 Å². The minimum absolute atomic E-state index is 0.124. The molecular formula is C24H27NO3. The fraction of sp³-hybridized carbons (Fsp3) is 0.292. The van der Waals surface area contributed by atoms with Crippen molar-refractivity contribution in [3.05, 3.63) is 70.8 Å². The number of hydrogen-bond acceptors (Lipinski definition) is 4. The normalized spacial score (nSPS) is 17.9. The first-order valence-corrected chi connectivity index (χ1v) is 9.59. The largest absolute Gasteiger partial charge is 0.497 e. The van der Waals surface area contributed by atoms with Gasteiger partial charge in [-0.3, -0.25) is 9.69 Å². The van der Waals surface area contributed by atoms with Crippen LogP contribution in [-0.2, 0) is 4.79 Å². The lowest BCUT2D eigenvalue weighted by Gasteiger charge is -2.29. The van der Waals surface area contributed by atoms with Gasteiger partial charge in [-0.2, -0.15) is 0 Å². The van der Waals surface area contributed by atoms with E-state index in [4.69, 9.17) is 9.47 Å². The number of ketones is 1. The summed E-state index contributed by atoms with van der Waals surface area (Å²) in [7, 11) is 3.30. The van der Waals surface area contributed by atoms with Crippen LogP contribution in [0.3, 0.4) is 0 Å². The maximum atomic E-state index is 13.1. The summed E-state index contributed by atoms with van der Waals surface area (Å²) in [5, 5.41) is 0. The van der Waals surface area contributed by atoms with Crippen LogP contribution >= 0.6 is 0 Å². The van der Waals surface area contributed by atoms with Crippen molar-refractivity contribution < 1.29 is 14.3 Å². The molecule has 1 fully saturated rings. The number of piperidine rings is 1. The fourth-order valence-electron chi connectivity index (χ4n) is 3.39. The molecule has 0 spiro atoms. The first-order valence-electron chi connectivity index (χ1n) is 9.59. The second-order valence-corrected chi connectivity index (χ2v) is 6.93. The van der Waals surface area contributed by atoms with Gasteiger partial charge in [0.2, 0.25) is 0 Å². The summed E-state index contributed by atoms with van der Waals surface area (Å²) in [5.74, 6) is 1.74. The third-order valence-electron chi connectivity index (χ3n) is 4.82. The van der Waals surface area contributed by atoms with Crippen LogP contribution in [0.5, 0.6) is 11.5 Å². The van der Waals surface area contributed by atoms with Crippen LogP contribution in [0.25, 0.3) is 12.2 Å². The molecule has 1 heterocycles. The molecule has 0 radical (unpaired) electrons. The highest BCUT2D eigenvalue weighted by Gasteiger charge is 2.25. The van der Waals surface area contributed by atoms with Gasteiger partial charge in [0.05, 0.1) is 14.2 Å². The Kier molecular flexibility index (Phi) is 6.66. The number of nitrogens with zero attached hydrogens (tertiary/aromatic N) is 1. The van der Waals surface area contributed by atoms with Crippen LogP contribution in [0.4, 0.5) is 0 Å². The van der Waals surface area contributed by atoms with E-state index in [-0.39, 0.29) is 5.78 Å². The maximum absolute atomic E-state index is 13.1. The molecule has 3 rings (SSSR count). The molecule has 146 valence electrons. The molecule has 0 bridgehead atoms. The zero-order valence-electron chi connectivity index (χ0n) is 16.8. The molecule has 1 saturated heterocycles. The SMILES string of the molecule is CCCN1CC(=Cc2ccc(OC)cc2)C(=O)/C(=C/c2ccc(OC)cc2)C1. The van der Waals surface area contributed by atoms with Crippen LogP contribution < -0.4 is 9.47 Å². The second kappa shape index (κ2) is 9.38. The van der Waals surface area contributed by atoms with Crippen molar-refractivity contribution >= 4 is 17.9 Å². The van der Waals surface area contributed by atoms with Crippen molar-refractivity contribution in [3.63, 3.8) is 0 Å². The van der Waals surface area contributed by atoms with Crippen LogP contribution in [0.15, 0.2) is 59.7 Å². The number of benzene rings is 2. The standard InChI is InChI=1S/C24H27NO3/c1-4-13-25-16-20(14-18-5-9-22(27-2)10-6-18)24(26)21(17-25)15-19-7-11-23(28-3)12-8-19/h5-12,14-15H,4,13,16-17H2,1-3H3/b20-14+,21-15?. The number of hydrogen-bond donors (Lipinski definition) is 0. The highest BCUT2D eigenvalue weighted by molar-refractivity contribution is 6.14. The lowest BCUT2D eigenvalue weighted by molar-refractivity contribution is -0.113. The molecule has 0 aromatic heterocycles. The Labute approximate surface area is 167 Å². The van der Waals surface area contributed by atoms with Crippen molar-refractivity contribution in [1.29, 1.82) is 0 Å². The highest BCUT2D eigenvalue weighted by atomic mass is 16.5. The molecule has 0 atom stereocenters. The summed E-state index contributed by atoms with van der Waals surface area (Å²) in [6.45, 7) is 4.49. The molecule has 0 amide bonds. The van der Waals surface area contributed by atoms with Crippen LogP contribution in [0.2, 0.25) is 0 Å². The van der Waals surface area contributed by atoms with Gasteiger partial charge >= 0.3 is 0 Å². The van der Waals surface area contributed by atoms with Gasteiger partial charge in [-0.05, 0) is 60.5 Å². The molecular weight excluding hydrogens is 350 g/mol. The van der Waals surface area contributed by atoms with E-state index in [1.54, 1.807) is 14.2 Å². The molecule has 4 heteroatoms. The number of carbonyl (C=O) groups is 1. The van der Waals surface area contributed by atoms with Gasteiger partial charge < -0.3 is 9.47 Å². The summed E-state index contributed by atoms with van der Waals surface area (Å²) < 4.78 is 10.4. The van der Waals surface area contributed by atoms with E-state index in [1.807, 2.05) is 60.7 Å². The summed E-state index contributed by atoms with van der Waals surface area (Å²) in [5.41, 5.74) is 3.66. The molecule has 0 unspecified atom stereocenters. The number of ether oxygens (including phenoxy) is 2. The Morgan fingerprint density at radius 2 is 1.25 bits per heavy atom. The predicted octanol–water partition coefficient (Wildman–Crippen LogP) is 4.47. The summed E-state index contributed by atoms with van der Waals surface area (Å²) in [6.07, 6.45) is 5.04. The van der Waals surface area contributed by atoms with Gasteiger partial charge in [0.1, 0.15) is 11.5 Å². The van der Waals surface area contributed by atoms with E-state index in [2.05, 4.69) is 11.8 Å². The molecule has 0 saturated carbocycles. The van der Waals surface area contributed by atoms with Crippen molar-refractivity contribution in [1.82, 2.24) is 4.90 Å². The Morgan fingerprint density at radius 1 is 0.821 bits per heavy atom.